The molecule has 0 aliphatic carbocycles. The highest BCUT2D eigenvalue weighted by atomic mass is 16.5. The van der Waals surface area contributed by atoms with Gasteiger partial charge in [0.1, 0.15) is 5.75 Å². The molecular weight excluding hydrogens is 440 g/mol. The quantitative estimate of drug-likeness (QED) is 0.575. The third kappa shape index (κ3) is 4.20. The fourth-order valence-corrected chi connectivity index (χ4v) is 5.35. The number of nitrogens with zero attached hydrogens (tertiary/aromatic N) is 3. The second-order valence-corrected chi connectivity index (χ2v) is 9.93. The van der Waals surface area contributed by atoms with Crippen LogP contribution >= 0.6 is 0 Å². The highest BCUT2D eigenvalue weighted by molar-refractivity contribution is 6.01. The summed E-state index contributed by atoms with van der Waals surface area (Å²) >= 11 is 0. The lowest BCUT2D eigenvalue weighted by Gasteiger charge is -2.38. The first kappa shape index (κ1) is 23.1. The van der Waals surface area contributed by atoms with Crippen molar-refractivity contribution in [3.05, 3.63) is 66.0 Å². The maximum absolute atomic E-state index is 13.6. The molecule has 1 spiro atoms. The number of piperidine rings is 1. The van der Waals surface area contributed by atoms with E-state index >= 15 is 0 Å². The summed E-state index contributed by atoms with van der Waals surface area (Å²) < 4.78 is 5.62. The Morgan fingerprint density at radius 1 is 1.06 bits per heavy atom. The Labute approximate surface area is 206 Å². The summed E-state index contributed by atoms with van der Waals surface area (Å²) in [5.74, 6) is 1.36. The number of methoxy groups -OCH3 is 1. The van der Waals surface area contributed by atoms with E-state index in [-0.39, 0.29) is 11.8 Å². The standard InChI is InChI=1S/C28H32N4O3/c1-19(2)20-4-6-21(7-5-20)26(33)31-13-10-28(11-14-31)12-15-32(27(28)34)23-8-9-24(25(16-23)35-3)22-17-29-30-18-22/h4-9,16-19H,10-15H2,1-3H3,(H,29,30). The van der Waals surface area contributed by atoms with Gasteiger partial charge in [-0.1, -0.05) is 26.0 Å². The van der Waals surface area contributed by atoms with E-state index in [2.05, 4.69) is 24.0 Å². The summed E-state index contributed by atoms with van der Waals surface area (Å²) in [7, 11) is 1.64. The number of anilines is 1. The van der Waals surface area contributed by atoms with Crippen LogP contribution < -0.4 is 9.64 Å². The van der Waals surface area contributed by atoms with Crippen molar-refractivity contribution in [3.8, 4) is 16.9 Å². The fraction of sp³-hybridized carbons (Fsp3) is 0.393. The normalized spacial score (nSPS) is 17.4. The van der Waals surface area contributed by atoms with E-state index in [1.54, 1.807) is 13.3 Å². The van der Waals surface area contributed by atoms with Crippen molar-refractivity contribution in [2.75, 3.05) is 31.6 Å². The first-order chi connectivity index (χ1) is 16.9. The Morgan fingerprint density at radius 2 is 1.77 bits per heavy atom. The first-order valence-corrected chi connectivity index (χ1v) is 12.3. The summed E-state index contributed by atoms with van der Waals surface area (Å²) in [6.07, 6.45) is 5.77. The molecule has 0 atom stereocenters. The number of likely N-dealkylation sites (tertiary alicyclic amines) is 1. The summed E-state index contributed by atoms with van der Waals surface area (Å²) in [4.78, 5) is 30.4. The maximum atomic E-state index is 13.6. The van der Waals surface area contributed by atoms with Gasteiger partial charge >= 0.3 is 0 Å². The number of hydrogen-bond acceptors (Lipinski definition) is 4. The fourth-order valence-electron chi connectivity index (χ4n) is 5.35. The zero-order valence-electron chi connectivity index (χ0n) is 20.6. The second kappa shape index (κ2) is 9.21. The minimum atomic E-state index is -0.394. The van der Waals surface area contributed by atoms with Gasteiger partial charge in [-0.2, -0.15) is 5.10 Å². The summed E-state index contributed by atoms with van der Waals surface area (Å²) in [6.45, 7) is 6.18. The number of nitrogens with one attached hydrogen (secondary N) is 1. The Bertz CT molecular complexity index is 1210. The van der Waals surface area contributed by atoms with Crippen molar-refractivity contribution in [1.82, 2.24) is 15.1 Å². The average molecular weight is 473 g/mol. The van der Waals surface area contributed by atoms with E-state index in [0.29, 0.717) is 44.1 Å². The van der Waals surface area contributed by atoms with Gasteiger partial charge in [0.2, 0.25) is 5.91 Å². The van der Waals surface area contributed by atoms with Gasteiger partial charge in [-0.25, -0.2) is 0 Å². The van der Waals surface area contributed by atoms with Crippen molar-refractivity contribution >= 4 is 17.5 Å². The van der Waals surface area contributed by atoms with Crippen LogP contribution in [-0.2, 0) is 4.79 Å². The summed E-state index contributed by atoms with van der Waals surface area (Å²) in [5, 5.41) is 6.84. The zero-order chi connectivity index (χ0) is 24.6. The molecule has 5 rings (SSSR count). The lowest BCUT2D eigenvalue weighted by atomic mass is 9.77. The molecule has 2 fully saturated rings. The van der Waals surface area contributed by atoms with Crippen molar-refractivity contribution in [1.29, 1.82) is 0 Å². The number of aromatic amines is 1. The molecule has 7 nitrogen and oxygen atoms in total. The van der Waals surface area contributed by atoms with Gasteiger partial charge in [0, 0.05) is 54.3 Å². The van der Waals surface area contributed by atoms with E-state index in [1.165, 1.54) is 5.56 Å². The Kier molecular flexibility index (Phi) is 6.09. The SMILES string of the molecule is COc1cc(N2CCC3(CCN(C(=O)c4ccc(C(C)C)cc4)CC3)C2=O)ccc1-c1cn[nH]c1. The Hall–Kier alpha value is -3.61. The molecule has 7 heteroatoms. The third-order valence-electron chi connectivity index (χ3n) is 7.65. The van der Waals surface area contributed by atoms with E-state index in [9.17, 15) is 9.59 Å². The van der Waals surface area contributed by atoms with Crippen molar-refractivity contribution < 1.29 is 14.3 Å². The minimum absolute atomic E-state index is 0.0528. The molecule has 2 amide bonds. The monoisotopic (exact) mass is 472 g/mol. The van der Waals surface area contributed by atoms with E-state index < -0.39 is 5.41 Å². The van der Waals surface area contributed by atoms with Gasteiger partial charge in [-0.15, -0.1) is 0 Å². The largest absolute Gasteiger partial charge is 0.496 e. The van der Waals surface area contributed by atoms with Crippen LogP contribution in [-0.4, -0.2) is 53.7 Å². The van der Waals surface area contributed by atoms with Crippen LogP contribution in [0, 0.1) is 5.41 Å². The van der Waals surface area contributed by atoms with Crippen LogP contribution in [0.25, 0.3) is 11.1 Å². The van der Waals surface area contributed by atoms with Crippen molar-refractivity contribution in [2.45, 2.75) is 39.0 Å². The molecule has 2 aliphatic heterocycles. The van der Waals surface area contributed by atoms with Crippen molar-refractivity contribution in [3.63, 3.8) is 0 Å². The molecule has 0 saturated carbocycles. The van der Waals surface area contributed by atoms with Crippen molar-refractivity contribution in [2.24, 2.45) is 5.41 Å². The van der Waals surface area contributed by atoms with Gasteiger partial charge in [-0.05, 0) is 55.0 Å². The number of carbonyl (C=O) groups excluding carboxylic acids is 2. The van der Waals surface area contributed by atoms with Gasteiger partial charge < -0.3 is 14.5 Å². The molecule has 0 unspecified atom stereocenters. The van der Waals surface area contributed by atoms with Crippen LogP contribution in [0.3, 0.4) is 0 Å². The second-order valence-electron chi connectivity index (χ2n) is 9.93. The van der Waals surface area contributed by atoms with E-state index in [1.807, 2.05) is 58.5 Å². The molecule has 2 saturated heterocycles. The van der Waals surface area contributed by atoms with Crippen LogP contribution in [0.4, 0.5) is 5.69 Å². The van der Waals surface area contributed by atoms with E-state index in [4.69, 9.17) is 4.74 Å². The number of aromatic nitrogens is 2. The lowest BCUT2D eigenvalue weighted by molar-refractivity contribution is -0.127. The molecule has 0 bridgehead atoms. The predicted octanol–water partition coefficient (Wildman–Crippen LogP) is 4.87. The number of hydrogen-bond donors (Lipinski definition) is 1. The summed E-state index contributed by atoms with van der Waals surface area (Å²) in [5.41, 5.74) is 4.27. The van der Waals surface area contributed by atoms with Crippen LogP contribution in [0.1, 0.15) is 54.9 Å². The highest BCUT2D eigenvalue weighted by Gasteiger charge is 2.49. The Morgan fingerprint density at radius 3 is 2.40 bits per heavy atom. The predicted molar refractivity (Wildman–Crippen MR) is 136 cm³/mol. The van der Waals surface area contributed by atoms with Gasteiger partial charge in [0.25, 0.3) is 5.91 Å². The molecule has 1 N–H and O–H groups in total. The highest BCUT2D eigenvalue weighted by Crippen LogP contribution is 2.44. The number of rotatable bonds is 5. The van der Waals surface area contributed by atoms with Gasteiger partial charge in [-0.3, -0.25) is 14.7 Å². The average Bonchev–Trinajstić information content (AvgIpc) is 3.53. The topological polar surface area (TPSA) is 78.5 Å². The number of H-pyrrole nitrogens is 1. The Balaban J connectivity index is 1.27. The molecule has 35 heavy (non-hydrogen) atoms. The number of carbonyl (C=O) groups is 2. The minimum Gasteiger partial charge on any atom is -0.496 e. The van der Waals surface area contributed by atoms with Gasteiger partial charge in [0.05, 0.1) is 18.7 Å². The number of ether oxygens (including phenoxy) is 1. The first-order valence-electron chi connectivity index (χ1n) is 12.3. The molecule has 2 aromatic carbocycles. The van der Waals surface area contributed by atoms with Crippen LogP contribution in [0.5, 0.6) is 5.75 Å². The molecule has 0 radical (unpaired) electrons. The third-order valence-corrected chi connectivity index (χ3v) is 7.65. The molecule has 3 heterocycles. The zero-order valence-corrected chi connectivity index (χ0v) is 20.6. The summed E-state index contributed by atoms with van der Waals surface area (Å²) in [6, 6.07) is 13.8. The molecule has 1 aromatic heterocycles. The lowest BCUT2D eigenvalue weighted by Crippen LogP contribution is -2.46. The van der Waals surface area contributed by atoms with Gasteiger partial charge in [0.15, 0.2) is 0 Å². The molecular formula is C28H32N4O3. The number of amides is 2. The molecule has 2 aliphatic rings. The van der Waals surface area contributed by atoms with Crippen LogP contribution in [0.15, 0.2) is 54.9 Å². The molecule has 182 valence electrons. The number of benzene rings is 2. The van der Waals surface area contributed by atoms with E-state index in [0.717, 1.165) is 28.8 Å². The molecule has 3 aromatic rings. The smallest absolute Gasteiger partial charge is 0.253 e. The van der Waals surface area contributed by atoms with Crippen LogP contribution in [0.2, 0.25) is 0 Å². The maximum Gasteiger partial charge on any atom is 0.253 e.